The molecular formula is C20H19NO5. The predicted octanol–water partition coefficient (Wildman–Crippen LogP) is 1.79. The summed E-state index contributed by atoms with van der Waals surface area (Å²) in [6, 6.07) is 9.25. The SMILES string of the molecule is C[C@H](c1ccccc1)n1c(O)c2c(c1O)[C@@H]1C(=CC2)C(=O)[C@H]2O[C@H]2[C@H]1O. The van der Waals surface area contributed by atoms with Crippen LogP contribution in [0.3, 0.4) is 0 Å². The molecule has 3 N–H and O–H groups in total. The van der Waals surface area contributed by atoms with Gasteiger partial charge in [0.05, 0.1) is 12.1 Å². The van der Waals surface area contributed by atoms with Crippen molar-refractivity contribution >= 4 is 5.78 Å². The van der Waals surface area contributed by atoms with Crippen LogP contribution in [0.15, 0.2) is 42.0 Å². The maximum absolute atomic E-state index is 12.5. The lowest BCUT2D eigenvalue weighted by Gasteiger charge is -2.30. The molecule has 1 saturated carbocycles. The zero-order valence-electron chi connectivity index (χ0n) is 14.2. The van der Waals surface area contributed by atoms with Crippen molar-refractivity contribution in [3.8, 4) is 11.8 Å². The predicted molar refractivity (Wildman–Crippen MR) is 92.2 cm³/mol. The first-order valence-corrected chi connectivity index (χ1v) is 8.78. The lowest BCUT2D eigenvalue weighted by Crippen LogP contribution is -2.38. The lowest BCUT2D eigenvalue weighted by atomic mass is 9.73. The molecule has 1 aromatic heterocycles. The van der Waals surface area contributed by atoms with E-state index in [0.29, 0.717) is 23.1 Å². The quantitative estimate of drug-likeness (QED) is 0.716. The standard InChI is InChI=1S/C20H19NO5/c1-9(10-5-3-2-4-6-10)21-19(24)12-8-7-11-13(14(12)20(21)25)16(23)18-17(26-18)15(11)22/h2-7,9,13,16-18,23-25H,8H2,1H3/t9-,13+,16+,17-,18+/m1/s1. The number of fused-ring (bicyclic) bond motifs is 4. The molecule has 0 spiro atoms. The van der Waals surface area contributed by atoms with Gasteiger partial charge >= 0.3 is 0 Å². The first-order chi connectivity index (χ1) is 12.5. The van der Waals surface area contributed by atoms with Crippen LogP contribution in [0.25, 0.3) is 0 Å². The van der Waals surface area contributed by atoms with Crippen LogP contribution in [0.5, 0.6) is 11.8 Å². The van der Waals surface area contributed by atoms with E-state index in [2.05, 4.69) is 0 Å². The molecular weight excluding hydrogens is 334 g/mol. The number of aromatic hydroxyl groups is 2. The Morgan fingerprint density at radius 2 is 1.92 bits per heavy atom. The van der Waals surface area contributed by atoms with Gasteiger partial charge in [-0.2, -0.15) is 0 Å². The summed E-state index contributed by atoms with van der Waals surface area (Å²) in [5.74, 6) is -0.915. The average Bonchev–Trinajstić information content (AvgIpc) is 3.42. The van der Waals surface area contributed by atoms with Crippen molar-refractivity contribution in [1.82, 2.24) is 4.57 Å². The fraction of sp³-hybridized carbons (Fsp3) is 0.350. The van der Waals surface area contributed by atoms with Gasteiger partial charge in [0.2, 0.25) is 0 Å². The van der Waals surface area contributed by atoms with E-state index in [-0.39, 0.29) is 23.6 Å². The molecule has 3 aliphatic rings. The molecule has 5 rings (SSSR count). The van der Waals surface area contributed by atoms with Gasteiger partial charge in [-0.1, -0.05) is 36.4 Å². The maximum Gasteiger partial charge on any atom is 0.198 e. The number of hydrogen-bond donors (Lipinski definition) is 3. The van der Waals surface area contributed by atoms with Crippen LogP contribution in [0.2, 0.25) is 0 Å². The number of aliphatic hydroxyl groups is 1. The minimum absolute atomic E-state index is 0.0253. The number of aromatic nitrogens is 1. The Kier molecular flexibility index (Phi) is 3.14. The van der Waals surface area contributed by atoms with E-state index in [1.807, 2.05) is 37.3 Å². The molecule has 0 amide bonds. The molecule has 2 heterocycles. The van der Waals surface area contributed by atoms with Crippen LogP contribution < -0.4 is 0 Å². The number of rotatable bonds is 2. The number of epoxide rings is 1. The molecule has 6 nitrogen and oxygen atoms in total. The molecule has 134 valence electrons. The molecule has 1 aromatic carbocycles. The maximum atomic E-state index is 12.5. The second kappa shape index (κ2) is 5.22. The summed E-state index contributed by atoms with van der Waals surface area (Å²) in [6.07, 6.45) is 0.0938. The van der Waals surface area contributed by atoms with Gasteiger partial charge in [-0.3, -0.25) is 9.36 Å². The number of ether oxygens (including phenoxy) is 1. The molecule has 1 aliphatic heterocycles. The number of hydrogen-bond acceptors (Lipinski definition) is 5. The van der Waals surface area contributed by atoms with Gasteiger partial charge in [-0.05, 0) is 18.9 Å². The van der Waals surface area contributed by atoms with Crippen molar-refractivity contribution in [3.05, 3.63) is 58.7 Å². The van der Waals surface area contributed by atoms with Crippen LogP contribution >= 0.6 is 0 Å². The van der Waals surface area contributed by atoms with Crippen molar-refractivity contribution in [2.45, 2.75) is 43.6 Å². The highest BCUT2D eigenvalue weighted by molar-refractivity contribution is 6.04. The minimum atomic E-state index is -0.906. The van der Waals surface area contributed by atoms with E-state index in [1.54, 1.807) is 6.08 Å². The van der Waals surface area contributed by atoms with E-state index in [4.69, 9.17) is 4.74 Å². The summed E-state index contributed by atoms with van der Waals surface area (Å²) in [4.78, 5) is 12.5. The summed E-state index contributed by atoms with van der Waals surface area (Å²) in [7, 11) is 0. The Morgan fingerprint density at radius 1 is 1.19 bits per heavy atom. The van der Waals surface area contributed by atoms with Gasteiger partial charge in [-0.15, -0.1) is 0 Å². The van der Waals surface area contributed by atoms with Crippen molar-refractivity contribution in [3.63, 3.8) is 0 Å². The van der Waals surface area contributed by atoms with Crippen LogP contribution in [0.4, 0.5) is 0 Å². The molecule has 2 aliphatic carbocycles. The second-order valence-electron chi connectivity index (χ2n) is 7.21. The molecule has 2 fully saturated rings. The molecule has 2 aromatic rings. The summed E-state index contributed by atoms with van der Waals surface area (Å²) >= 11 is 0. The second-order valence-corrected chi connectivity index (χ2v) is 7.21. The summed E-state index contributed by atoms with van der Waals surface area (Å²) in [5.41, 5.74) is 2.41. The Morgan fingerprint density at radius 3 is 2.65 bits per heavy atom. The molecule has 1 saturated heterocycles. The van der Waals surface area contributed by atoms with Gasteiger partial charge in [0.15, 0.2) is 17.5 Å². The number of Topliss-reactive ketones (excluding diaryl/α,β-unsaturated/α-hetero) is 1. The molecule has 26 heavy (non-hydrogen) atoms. The largest absolute Gasteiger partial charge is 0.494 e. The van der Waals surface area contributed by atoms with Crippen molar-refractivity contribution in [2.24, 2.45) is 0 Å². The topological polar surface area (TPSA) is 95.2 Å². The van der Waals surface area contributed by atoms with E-state index >= 15 is 0 Å². The number of carbonyl (C=O) groups is 1. The van der Waals surface area contributed by atoms with Gasteiger partial charge in [-0.25, -0.2) is 0 Å². The number of carbonyl (C=O) groups excluding carboxylic acids is 1. The van der Waals surface area contributed by atoms with Crippen molar-refractivity contribution in [1.29, 1.82) is 0 Å². The Balaban J connectivity index is 1.64. The van der Waals surface area contributed by atoms with Gasteiger partial charge in [0.1, 0.15) is 12.2 Å². The summed E-state index contributed by atoms with van der Waals surface area (Å²) in [5, 5.41) is 32.4. The van der Waals surface area contributed by atoms with Crippen LogP contribution in [0, 0.1) is 0 Å². The van der Waals surface area contributed by atoms with E-state index in [1.165, 1.54) is 4.57 Å². The molecule has 6 heteroatoms. The monoisotopic (exact) mass is 353 g/mol. The number of aliphatic hydroxyl groups excluding tert-OH is 1. The smallest absolute Gasteiger partial charge is 0.198 e. The molecule has 0 bridgehead atoms. The van der Waals surface area contributed by atoms with Crippen LogP contribution in [-0.2, 0) is 16.0 Å². The minimum Gasteiger partial charge on any atom is -0.494 e. The Hall–Kier alpha value is -2.57. The van der Waals surface area contributed by atoms with Gasteiger partial charge < -0.3 is 20.1 Å². The van der Waals surface area contributed by atoms with E-state index < -0.39 is 24.2 Å². The van der Waals surface area contributed by atoms with Gasteiger partial charge in [0, 0.05) is 22.6 Å². The number of allylic oxidation sites excluding steroid dienone is 1. The fourth-order valence-electron chi connectivity index (χ4n) is 4.46. The zero-order chi connectivity index (χ0) is 18.2. The highest BCUT2D eigenvalue weighted by atomic mass is 16.6. The number of ketones is 1. The molecule has 5 atom stereocenters. The first-order valence-electron chi connectivity index (χ1n) is 8.78. The summed E-state index contributed by atoms with van der Waals surface area (Å²) in [6.45, 7) is 1.89. The highest BCUT2D eigenvalue weighted by Crippen LogP contribution is 2.53. The fourth-order valence-corrected chi connectivity index (χ4v) is 4.46. The van der Waals surface area contributed by atoms with E-state index in [9.17, 15) is 20.1 Å². The summed E-state index contributed by atoms with van der Waals surface area (Å²) < 4.78 is 6.78. The van der Waals surface area contributed by atoms with Crippen molar-refractivity contribution < 1.29 is 24.9 Å². The van der Waals surface area contributed by atoms with Gasteiger partial charge in [0.25, 0.3) is 0 Å². The normalized spacial score (nSPS) is 30.1. The van der Waals surface area contributed by atoms with Crippen LogP contribution in [-0.4, -0.2) is 44.0 Å². The molecule has 0 radical (unpaired) electrons. The average molecular weight is 353 g/mol. The zero-order valence-corrected chi connectivity index (χ0v) is 14.2. The third-order valence-electron chi connectivity index (χ3n) is 5.88. The van der Waals surface area contributed by atoms with E-state index in [0.717, 1.165) is 5.56 Å². The molecule has 0 unspecified atom stereocenters. The Labute approximate surface area is 150 Å². The van der Waals surface area contributed by atoms with Crippen LogP contribution in [0.1, 0.15) is 35.6 Å². The number of benzene rings is 1. The third kappa shape index (κ3) is 1.91. The Bertz CT molecular complexity index is 945. The third-order valence-corrected chi connectivity index (χ3v) is 5.88. The lowest BCUT2D eigenvalue weighted by molar-refractivity contribution is -0.117. The van der Waals surface area contributed by atoms with Crippen molar-refractivity contribution in [2.75, 3.05) is 0 Å². The number of nitrogens with zero attached hydrogens (tertiary/aromatic N) is 1. The highest BCUT2D eigenvalue weighted by Gasteiger charge is 2.60. The first kappa shape index (κ1) is 15.7.